The maximum Gasteiger partial charge on any atom is 0.0931 e. The van der Waals surface area contributed by atoms with Crippen LogP contribution in [0.15, 0.2) is 61.9 Å². The summed E-state index contributed by atoms with van der Waals surface area (Å²) in [4.78, 5) is 7.41. The number of nitrogens with zero attached hydrogens (tertiary/aromatic N) is 1. The molecule has 0 saturated heterocycles. The third-order valence-corrected chi connectivity index (χ3v) is 3.98. The Morgan fingerprint density at radius 2 is 1.73 bits per heavy atom. The molecule has 2 nitrogen and oxygen atoms in total. The zero-order valence-electron chi connectivity index (χ0n) is 12.9. The minimum atomic E-state index is 0.905. The third-order valence-electron chi connectivity index (χ3n) is 3.98. The molecule has 1 heterocycles. The van der Waals surface area contributed by atoms with Gasteiger partial charge in [0.15, 0.2) is 0 Å². The predicted octanol–water partition coefficient (Wildman–Crippen LogP) is 5.38. The van der Waals surface area contributed by atoms with Crippen LogP contribution in [0.5, 0.6) is 0 Å². The Bertz CT molecular complexity index is 840. The van der Waals surface area contributed by atoms with Gasteiger partial charge in [-0.05, 0) is 54.2 Å². The highest BCUT2D eigenvalue weighted by Crippen LogP contribution is 2.26. The van der Waals surface area contributed by atoms with Crippen molar-refractivity contribution in [3.8, 4) is 0 Å². The van der Waals surface area contributed by atoms with Crippen molar-refractivity contribution in [1.29, 1.82) is 0 Å². The first-order chi connectivity index (χ1) is 10.6. The van der Waals surface area contributed by atoms with E-state index < -0.39 is 0 Å². The molecule has 0 bridgehead atoms. The lowest BCUT2D eigenvalue weighted by molar-refractivity contribution is 1.09. The number of H-pyrrole nitrogens is 1. The van der Waals surface area contributed by atoms with Gasteiger partial charge in [0, 0.05) is 0 Å². The summed E-state index contributed by atoms with van der Waals surface area (Å²) in [6.45, 7) is 10.5. The Kier molecular flexibility index (Phi) is 3.92. The van der Waals surface area contributed by atoms with Gasteiger partial charge >= 0.3 is 0 Å². The number of aromatic amines is 1. The fourth-order valence-electron chi connectivity index (χ4n) is 2.61. The molecule has 3 aromatic rings. The molecule has 2 aromatic carbocycles. The summed E-state index contributed by atoms with van der Waals surface area (Å²) in [6, 6.07) is 14.7. The van der Waals surface area contributed by atoms with E-state index in [0.717, 1.165) is 40.6 Å². The van der Waals surface area contributed by atoms with Crippen molar-refractivity contribution < 1.29 is 0 Å². The molecule has 0 aliphatic heterocycles. The number of aromatic nitrogens is 2. The summed E-state index contributed by atoms with van der Waals surface area (Å²) in [7, 11) is 0. The number of benzene rings is 2. The van der Waals surface area contributed by atoms with Gasteiger partial charge < -0.3 is 4.98 Å². The summed E-state index contributed by atoms with van der Waals surface area (Å²) in [5, 5.41) is 0. The SMILES string of the molecule is C=C(CCC(=C)c1ccc2[nH]cnc2c1)c1cccc(C)c1. The number of imidazole rings is 1. The highest BCUT2D eigenvalue weighted by Gasteiger charge is 2.05. The zero-order chi connectivity index (χ0) is 15.5. The molecule has 1 N–H and O–H groups in total. The molecule has 0 radical (unpaired) electrons. The quantitative estimate of drug-likeness (QED) is 0.671. The van der Waals surface area contributed by atoms with E-state index in [0.29, 0.717) is 0 Å². The predicted molar refractivity (Wildman–Crippen MR) is 94.6 cm³/mol. The Hall–Kier alpha value is -2.61. The molecular formula is C20H20N2. The molecule has 0 aliphatic carbocycles. The third kappa shape index (κ3) is 3.01. The number of aryl methyl sites for hydroxylation is 1. The van der Waals surface area contributed by atoms with Gasteiger partial charge in [-0.1, -0.05) is 49.1 Å². The molecule has 0 saturated carbocycles. The van der Waals surface area contributed by atoms with Crippen molar-refractivity contribution in [2.24, 2.45) is 0 Å². The van der Waals surface area contributed by atoms with Gasteiger partial charge in [-0.15, -0.1) is 0 Å². The minimum absolute atomic E-state index is 0.905. The molecule has 0 fully saturated rings. The van der Waals surface area contributed by atoms with Crippen LogP contribution in [0.4, 0.5) is 0 Å². The van der Waals surface area contributed by atoms with Crippen molar-refractivity contribution in [3.05, 3.63) is 78.6 Å². The highest BCUT2D eigenvalue weighted by molar-refractivity contribution is 5.80. The molecule has 110 valence electrons. The maximum absolute atomic E-state index is 4.30. The largest absolute Gasteiger partial charge is 0.345 e. The van der Waals surface area contributed by atoms with Crippen LogP contribution < -0.4 is 0 Å². The van der Waals surface area contributed by atoms with Gasteiger partial charge in [0.2, 0.25) is 0 Å². The Morgan fingerprint density at radius 3 is 2.45 bits per heavy atom. The van der Waals surface area contributed by atoms with E-state index in [1.165, 1.54) is 11.1 Å². The van der Waals surface area contributed by atoms with Crippen molar-refractivity contribution in [2.75, 3.05) is 0 Å². The van der Waals surface area contributed by atoms with E-state index in [-0.39, 0.29) is 0 Å². The number of fused-ring (bicyclic) bond motifs is 1. The average molecular weight is 288 g/mol. The van der Waals surface area contributed by atoms with Crippen LogP contribution in [-0.4, -0.2) is 9.97 Å². The van der Waals surface area contributed by atoms with E-state index in [9.17, 15) is 0 Å². The van der Waals surface area contributed by atoms with Crippen LogP contribution in [0.1, 0.15) is 29.5 Å². The minimum Gasteiger partial charge on any atom is -0.345 e. The summed E-state index contributed by atoms with van der Waals surface area (Å²) < 4.78 is 0. The van der Waals surface area contributed by atoms with Gasteiger partial charge in [0.25, 0.3) is 0 Å². The Morgan fingerprint density at radius 1 is 1.00 bits per heavy atom. The van der Waals surface area contributed by atoms with Gasteiger partial charge in [-0.25, -0.2) is 4.98 Å². The standard InChI is InChI=1S/C20H20N2/c1-14-5-4-6-17(11-14)15(2)7-8-16(3)18-9-10-19-20(12-18)22-13-21-19/h4-6,9-13H,2-3,7-8H2,1H3,(H,21,22). The fourth-order valence-corrected chi connectivity index (χ4v) is 2.61. The maximum atomic E-state index is 4.30. The van der Waals surface area contributed by atoms with Crippen LogP contribution in [-0.2, 0) is 0 Å². The Balaban J connectivity index is 1.67. The van der Waals surface area contributed by atoms with E-state index >= 15 is 0 Å². The van der Waals surface area contributed by atoms with Gasteiger partial charge in [-0.2, -0.15) is 0 Å². The van der Waals surface area contributed by atoms with Gasteiger partial charge in [0.1, 0.15) is 0 Å². The number of allylic oxidation sites excluding steroid dienone is 2. The number of rotatable bonds is 5. The molecule has 0 unspecified atom stereocenters. The molecule has 0 atom stereocenters. The van der Waals surface area contributed by atoms with E-state index in [1.54, 1.807) is 6.33 Å². The number of nitrogens with one attached hydrogen (secondary N) is 1. The van der Waals surface area contributed by atoms with Crippen LogP contribution in [0.25, 0.3) is 22.2 Å². The number of hydrogen-bond donors (Lipinski definition) is 1. The van der Waals surface area contributed by atoms with Crippen molar-refractivity contribution in [2.45, 2.75) is 19.8 Å². The molecular weight excluding hydrogens is 268 g/mol. The molecule has 0 aliphatic rings. The van der Waals surface area contributed by atoms with Crippen molar-refractivity contribution in [3.63, 3.8) is 0 Å². The number of hydrogen-bond acceptors (Lipinski definition) is 1. The van der Waals surface area contributed by atoms with Crippen LogP contribution in [0.3, 0.4) is 0 Å². The van der Waals surface area contributed by atoms with E-state index in [4.69, 9.17) is 0 Å². The van der Waals surface area contributed by atoms with Gasteiger partial charge in [-0.3, -0.25) is 0 Å². The molecule has 3 rings (SSSR count). The average Bonchev–Trinajstić information content (AvgIpc) is 2.99. The van der Waals surface area contributed by atoms with E-state index in [1.807, 2.05) is 0 Å². The lowest BCUT2D eigenvalue weighted by Crippen LogP contribution is -1.88. The van der Waals surface area contributed by atoms with Crippen LogP contribution in [0.2, 0.25) is 0 Å². The summed E-state index contributed by atoms with van der Waals surface area (Å²) in [5.41, 5.74) is 7.95. The van der Waals surface area contributed by atoms with Crippen LogP contribution >= 0.6 is 0 Å². The summed E-state index contributed by atoms with van der Waals surface area (Å²) in [6.07, 6.45) is 3.54. The normalized spacial score (nSPS) is 10.8. The van der Waals surface area contributed by atoms with Crippen molar-refractivity contribution in [1.82, 2.24) is 9.97 Å². The Labute approximate surface area is 131 Å². The van der Waals surface area contributed by atoms with Crippen molar-refractivity contribution >= 4 is 22.2 Å². The first-order valence-electron chi connectivity index (χ1n) is 7.49. The smallest absolute Gasteiger partial charge is 0.0931 e. The van der Waals surface area contributed by atoms with E-state index in [2.05, 4.69) is 72.5 Å². The summed E-state index contributed by atoms with van der Waals surface area (Å²) in [5.74, 6) is 0. The first kappa shape index (κ1) is 14.3. The second-order valence-electron chi connectivity index (χ2n) is 5.71. The lowest BCUT2D eigenvalue weighted by atomic mass is 9.96. The molecule has 22 heavy (non-hydrogen) atoms. The second kappa shape index (κ2) is 6.02. The summed E-state index contributed by atoms with van der Waals surface area (Å²) >= 11 is 0. The molecule has 1 aromatic heterocycles. The van der Waals surface area contributed by atoms with Crippen LogP contribution in [0, 0.1) is 6.92 Å². The second-order valence-corrected chi connectivity index (χ2v) is 5.71. The zero-order valence-corrected chi connectivity index (χ0v) is 12.9. The topological polar surface area (TPSA) is 28.7 Å². The van der Waals surface area contributed by atoms with Gasteiger partial charge in [0.05, 0.1) is 17.4 Å². The molecule has 0 amide bonds. The molecule has 2 heteroatoms. The lowest BCUT2D eigenvalue weighted by Gasteiger charge is -2.09. The molecule has 0 spiro atoms. The first-order valence-corrected chi connectivity index (χ1v) is 7.49. The highest BCUT2D eigenvalue weighted by atomic mass is 14.9. The fraction of sp³-hybridized carbons (Fsp3) is 0.150. The monoisotopic (exact) mass is 288 g/mol.